The maximum absolute atomic E-state index is 5.95. The molecule has 0 bridgehead atoms. The van der Waals surface area contributed by atoms with E-state index in [2.05, 4.69) is 43.8 Å². The number of nitrogens with one attached hydrogen (secondary N) is 1. The number of benzene rings is 2. The molecule has 2 aromatic carbocycles. The third kappa shape index (κ3) is 3.49. The van der Waals surface area contributed by atoms with E-state index in [4.69, 9.17) is 5.73 Å². The van der Waals surface area contributed by atoms with E-state index in [1.165, 1.54) is 11.1 Å². The van der Waals surface area contributed by atoms with Crippen LogP contribution in [0.3, 0.4) is 0 Å². The second-order valence-corrected chi connectivity index (χ2v) is 6.71. The van der Waals surface area contributed by atoms with Crippen molar-refractivity contribution in [1.82, 2.24) is 15.0 Å². The molecule has 0 unspecified atom stereocenters. The van der Waals surface area contributed by atoms with Gasteiger partial charge in [0.15, 0.2) is 6.33 Å². The molecule has 25 heavy (non-hydrogen) atoms. The molecule has 6 heteroatoms. The van der Waals surface area contributed by atoms with Crippen LogP contribution in [0.15, 0.2) is 72.0 Å². The Morgan fingerprint density at radius 1 is 0.920 bits per heavy atom. The van der Waals surface area contributed by atoms with Gasteiger partial charge in [0, 0.05) is 5.75 Å². The number of rotatable bonds is 5. The number of H-pyrrole nitrogens is 1. The number of anilines is 1. The Kier molecular flexibility index (Phi) is 4.35. The molecule has 0 atom stereocenters. The number of aromatic nitrogens is 4. The molecule has 0 aliphatic carbocycles. The molecular formula is C19H18N5S+. The van der Waals surface area contributed by atoms with Crippen molar-refractivity contribution in [2.75, 3.05) is 5.73 Å². The summed E-state index contributed by atoms with van der Waals surface area (Å²) >= 11 is 1.66. The van der Waals surface area contributed by atoms with Gasteiger partial charge in [-0.3, -0.25) is 4.98 Å². The molecule has 0 amide bonds. The van der Waals surface area contributed by atoms with Crippen molar-refractivity contribution in [3.63, 3.8) is 0 Å². The molecule has 4 aromatic rings. The predicted octanol–water partition coefficient (Wildman–Crippen LogP) is 3.17. The minimum Gasteiger partial charge on any atom is -0.354 e. The van der Waals surface area contributed by atoms with Gasteiger partial charge in [-0.2, -0.15) is 4.98 Å². The quantitative estimate of drug-likeness (QED) is 0.330. The second-order valence-electron chi connectivity index (χ2n) is 5.75. The first kappa shape index (κ1) is 15.7. The van der Waals surface area contributed by atoms with Crippen LogP contribution >= 0.6 is 11.8 Å². The number of hydrogen-bond donors (Lipinski definition) is 2. The SMILES string of the molecule is Nc1nc(SCc2ccccc2)c2[nH]c[n+](Cc3ccccc3)c2n1. The van der Waals surface area contributed by atoms with E-state index < -0.39 is 0 Å². The molecule has 0 aliphatic rings. The fourth-order valence-corrected chi connectivity index (χ4v) is 3.66. The second kappa shape index (κ2) is 6.94. The molecular weight excluding hydrogens is 330 g/mol. The van der Waals surface area contributed by atoms with Gasteiger partial charge in [0.1, 0.15) is 5.03 Å². The molecule has 0 spiro atoms. The zero-order valence-electron chi connectivity index (χ0n) is 13.6. The Bertz CT molecular complexity index is 983. The Labute approximate surface area is 149 Å². The predicted molar refractivity (Wildman–Crippen MR) is 100 cm³/mol. The summed E-state index contributed by atoms with van der Waals surface area (Å²) in [6.45, 7) is 0.736. The molecule has 3 N–H and O–H groups in total. The van der Waals surface area contributed by atoms with E-state index in [0.717, 1.165) is 28.5 Å². The average Bonchev–Trinajstić information content (AvgIpc) is 3.04. The number of hydrogen-bond acceptors (Lipinski definition) is 4. The van der Waals surface area contributed by atoms with Crippen molar-refractivity contribution in [2.45, 2.75) is 17.3 Å². The Morgan fingerprint density at radius 2 is 1.60 bits per heavy atom. The molecule has 124 valence electrons. The van der Waals surface area contributed by atoms with Crippen LogP contribution in [-0.4, -0.2) is 15.0 Å². The fraction of sp³-hybridized carbons (Fsp3) is 0.105. The molecule has 2 aromatic heterocycles. The van der Waals surface area contributed by atoms with Gasteiger partial charge in [-0.1, -0.05) is 77.4 Å². The van der Waals surface area contributed by atoms with E-state index >= 15 is 0 Å². The first-order valence-electron chi connectivity index (χ1n) is 8.04. The highest BCUT2D eigenvalue weighted by Gasteiger charge is 2.19. The van der Waals surface area contributed by atoms with Gasteiger partial charge in [-0.15, -0.1) is 0 Å². The number of nitrogen functional groups attached to an aromatic ring is 1. The standard InChI is InChI=1S/C19H17N5S/c20-19-22-17-16(18(23-19)25-12-15-9-5-2-6-10-15)21-13-24(17)11-14-7-3-1-4-8-14/h1-10,13H,11-12H2,(H2,20,22,23)/p+1. The van der Waals surface area contributed by atoms with Crippen LogP contribution in [0.4, 0.5) is 5.95 Å². The molecule has 0 saturated heterocycles. The van der Waals surface area contributed by atoms with Crippen LogP contribution in [0.2, 0.25) is 0 Å². The van der Waals surface area contributed by atoms with Crippen LogP contribution in [-0.2, 0) is 12.3 Å². The zero-order valence-corrected chi connectivity index (χ0v) is 14.4. The van der Waals surface area contributed by atoms with Crippen molar-refractivity contribution >= 4 is 28.9 Å². The zero-order chi connectivity index (χ0) is 17.1. The van der Waals surface area contributed by atoms with Gasteiger partial charge >= 0.3 is 5.65 Å². The molecule has 4 rings (SSSR count). The van der Waals surface area contributed by atoms with Crippen LogP contribution in [0.1, 0.15) is 11.1 Å². The molecule has 2 heterocycles. The summed E-state index contributed by atoms with van der Waals surface area (Å²) < 4.78 is 2.06. The topological polar surface area (TPSA) is 71.5 Å². The number of fused-ring (bicyclic) bond motifs is 1. The van der Waals surface area contributed by atoms with E-state index in [1.54, 1.807) is 11.8 Å². The highest BCUT2D eigenvalue weighted by molar-refractivity contribution is 7.98. The Morgan fingerprint density at radius 3 is 2.32 bits per heavy atom. The monoisotopic (exact) mass is 348 g/mol. The van der Waals surface area contributed by atoms with Crippen LogP contribution < -0.4 is 10.3 Å². The lowest BCUT2D eigenvalue weighted by atomic mass is 10.2. The lowest BCUT2D eigenvalue weighted by Gasteiger charge is -2.02. The van der Waals surface area contributed by atoms with Crippen molar-refractivity contribution in [3.8, 4) is 0 Å². The Balaban J connectivity index is 1.64. The number of aromatic amines is 1. The summed E-state index contributed by atoms with van der Waals surface area (Å²) in [4.78, 5) is 12.2. The molecule has 0 fully saturated rings. The summed E-state index contributed by atoms with van der Waals surface area (Å²) in [5, 5.41) is 0.873. The van der Waals surface area contributed by atoms with Crippen LogP contribution in [0.5, 0.6) is 0 Å². The van der Waals surface area contributed by atoms with Gasteiger partial charge in [-0.25, -0.2) is 4.57 Å². The molecule has 0 saturated carbocycles. The molecule has 0 aliphatic heterocycles. The van der Waals surface area contributed by atoms with E-state index in [-0.39, 0.29) is 0 Å². The highest BCUT2D eigenvalue weighted by atomic mass is 32.2. The number of nitrogens with zero attached hydrogens (tertiary/aromatic N) is 3. The normalized spacial score (nSPS) is 11.0. The summed E-state index contributed by atoms with van der Waals surface area (Å²) in [5.41, 5.74) is 10.2. The molecule has 5 nitrogen and oxygen atoms in total. The van der Waals surface area contributed by atoms with Gasteiger partial charge < -0.3 is 5.73 Å². The van der Waals surface area contributed by atoms with Gasteiger partial charge in [0.2, 0.25) is 5.52 Å². The van der Waals surface area contributed by atoms with Gasteiger partial charge in [0.25, 0.3) is 5.95 Å². The van der Waals surface area contributed by atoms with Crippen molar-refractivity contribution in [3.05, 3.63) is 78.1 Å². The van der Waals surface area contributed by atoms with Gasteiger partial charge in [0.05, 0.1) is 6.54 Å². The summed E-state index contributed by atoms with van der Waals surface area (Å²) in [7, 11) is 0. The van der Waals surface area contributed by atoms with Crippen molar-refractivity contribution < 1.29 is 4.57 Å². The first-order valence-corrected chi connectivity index (χ1v) is 9.03. The number of nitrogens with two attached hydrogens (primary N) is 1. The molecule has 0 radical (unpaired) electrons. The summed E-state index contributed by atoms with van der Waals surface area (Å²) in [6, 6.07) is 20.6. The summed E-state index contributed by atoms with van der Waals surface area (Å²) in [6.07, 6.45) is 1.93. The fourth-order valence-electron chi connectivity index (χ4n) is 2.71. The van der Waals surface area contributed by atoms with E-state index in [0.29, 0.717) is 5.95 Å². The highest BCUT2D eigenvalue weighted by Crippen LogP contribution is 2.26. The number of thioether (sulfide) groups is 1. The first-order chi connectivity index (χ1) is 12.3. The lowest BCUT2D eigenvalue weighted by Crippen LogP contribution is -2.33. The van der Waals surface area contributed by atoms with Gasteiger partial charge in [-0.05, 0) is 11.1 Å². The van der Waals surface area contributed by atoms with E-state index in [1.807, 2.05) is 42.7 Å². The summed E-state index contributed by atoms with van der Waals surface area (Å²) in [5.74, 6) is 1.13. The largest absolute Gasteiger partial charge is 0.354 e. The van der Waals surface area contributed by atoms with Crippen LogP contribution in [0, 0.1) is 0 Å². The smallest absolute Gasteiger partial charge is 0.308 e. The third-order valence-electron chi connectivity index (χ3n) is 3.92. The van der Waals surface area contributed by atoms with Crippen molar-refractivity contribution in [2.24, 2.45) is 0 Å². The lowest BCUT2D eigenvalue weighted by molar-refractivity contribution is -0.664. The van der Waals surface area contributed by atoms with Crippen molar-refractivity contribution in [1.29, 1.82) is 0 Å². The maximum Gasteiger partial charge on any atom is 0.308 e. The third-order valence-corrected chi connectivity index (χ3v) is 4.97. The van der Waals surface area contributed by atoms with Crippen LogP contribution in [0.25, 0.3) is 11.2 Å². The van der Waals surface area contributed by atoms with E-state index in [9.17, 15) is 0 Å². The number of imidazole rings is 1. The maximum atomic E-state index is 5.95. The average molecular weight is 348 g/mol. The Hall–Kier alpha value is -2.86. The minimum absolute atomic E-state index is 0.296. The minimum atomic E-state index is 0.296.